The zero-order chi connectivity index (χ0) is 14.8. The molecule has 0 aliphatic carbocycles. The van der Waals surface area contributed by atoms with Crippen molar-refractivity contribution in [3.8, 4) is 0 Å². The van der Waals surface area contributed by atoms with E-state index < -0.39 is 28.5 Å². The van der Waals surface area contributed by atoms with Gasteiger partial charge in [0, 0.05) is 17.2 Å². The molecule has 0 saturated heterocycles. The van der Waals surface area contributed by atoms with Crippen molar-refractivity contribution < 1.29 is 17.9 Å². The van der Waals surface area contributed by atoms with Crippen molar-refractivity contribution in [1.29, 1.82) is 0 Å². The lowest BCUT2D eigenvalue weighted by Gasteiger charge is -2.15. The Bertz CT molecular complexity index is 699. The summed E-state index contributed by atoms with van der Waals surface area (Å²) in [6.45, 7) is 1.08. The van der Waals surface area contributed by atoms with Gasteiger partial charge < -0.3 is 5.11 Å². The molecule has 0 saturated carbocycles. The number of aromatic nitrogens is 2. The number of benzene rings is 1. The molecular weight excluding hydrogens is 285 g/mol. The van der Waals surface area contributed by atoms with Gasteiger partial charge in [0.1, 0.15) is 5.82 Å². The van der Waals surface area contributed by atoms with Crippen LogP contribution in [-0.2, 0) is 16.6 Å². The lowest BCUT2D eigenvalue weighted by molar-refractivity contribution is 0.278. The summed E-state index contributed by atoms with van der Waals surface area (Å²) in [4.78, 5) is 0. The number of aliphatic hydroxyl groups excluding tert-OH is 1. The normalized spacial score (nSPS) is 13.3. The van der Waals surface area contributed by atoms with Crippen LogP contribution in [-0.4, -0.2) is 23.7 Å². The fraction of sp³-hybridized carbons (Fsp3) is 0.250. The number of aromatic amines is 1. The fourth-order valence-electron chi connectivity index (χ4n) is 1.83. The highest BCUT2D eigenvalue weighted by Crippen LogP contribution is 2.20. The first kappa shape index (κ1) is 14.6. The van der Waals surface area contributed by atoms with Crippen molar-refractivity contribution in [2.45, 2.75) is 24.6 Å². The topological polar surface area (TPSA) is 95.1 Å². The number of rotatable bonds is 5. The molecule has 1 atom stereocenters. The highest BCUT2D eigenvalue weighted by Gasteiger charge is 2.24. The van der Waals surface area contributed by atoms with Gasteiger partial charge in [-0.15, -0.1) is 0 Å². The van der Waals surface area contributed by atoms with Crippen molar-refractivity contribution in [1.82, 2.24) is 14.9 Å². The second-order valence-corrected chi connectivity index (χ2v) is 5.90. The fourth-order valence-corrected chi connectivity index (χ4v) is 3.17. The monoisotopic (exact) mass is 299 g/mol. The number of nitrogens with zero attached hydrogens (tertiary/aromatic N) is 1. The van der Waals surface area contributed by atoms with Crippen LogP contribution in [0.5, 0.6) is 0 Å². The van der Waals surface area contributed by atoms with Gasteiger partial charge in [0.2, 0.25) is 0 Å². The summed E-state index contributed by atoms with van der Waals surface area (Å²) < 4.78 is 40.3. The molecule has 1 aromatic heterocycles. The van der Waals surface area contributed by atoms with Gasteiger partial charge in [-0.25, -0.2) is 17.5 Å². The Morgan fingerprint density at radius 1 is 1.45 bits per heavy atom. The van der Waals surface area contributed by atoms with E-state index in [1.807, 2.05) is 0 Å². The molecular formula is C12H14FN3O3S. The first-order chi connectivity index (χ1) is 9.45. The standard InChI is InChI=1S/C12H14FN3O3S/c1-8(10-4-2-3-5-11(10)13)16-20(18,19)12-9(7-17)6-14-15-12/h2-6,8,16-17H,7H2,1H3,(H,14,15). The number of aliphatic hydroxyl groups is 1. The average Bonchev–Trinajstić information content (AvgIpc) is 2.87. The maximum Gasteiger partial charge on any atom is 0.258 e. The number of nitrogens with one attached hydrogen (secondary N) is 2. The molecule has 0 fully saturated rings. The average molecular weight is 299 g/mol. The first-order valence-corrected chi connectivity index (χ1v) is 7.34. The molecule has 20 heavy (non-hydrogen) atoms. The Balaban J connectivity index is 2.27. The molecule has 108 valence electrons. The number of H-pyrrole nitrogens is 1. The second kappa shape index (κ2) is 5.70. The SMILES string of the molecule is CC(NS(=O)(=O)c1[nH]ncc1CO)c1ccccc1F. The number of hydrogen-bond donors (Lipinski definition) is 3. The summed E-state index contributed by atoms with van der Waals surface area (Å²) in [6, 6.07) is 5.16. The molecule has 1 unspecified atom stereocenters. The van der Waals surface area contributed by atoms with Crippen LogP contribution in [0.3, 0.4) is 0 Å². The molecule has 0 amide bonds. The zero-order valence-electron chi connectivity index (χ0n) is 10.7. The zero-order valence-corrected chi connectivity index (χ0v) is 11.5. The molecule has 0 radical (unpaired) electrons. The molecule has 6 nitrogen and oxygen atoms in total. The van der Waals surface area contributed by atoms with E-state index in [1.54, 1.807) is 6.07 Å². The molecule has 0 bridgehead atoms. The number of sulfonamides is 1. The Hall–Kier alpha value is -1.77. The van der Waals surface area contributed by atoms with Crippen molar-refractivity contribution in [3.63, 3.8) is 0 Å². The lowest BCUT2D eigenvalue weighted by Crippen LogP contribution is -2.28. The Morgan fingerprint density at radius 3 is 2.80 bits per heavy atom. The highest BCUT2D eigenvalue weighted by molar-refractivity contribution is 7.89. The minimum absolute atomic E-state index is 0.151. The minimum atomic E-state index is -3.92. The predicted octanol–water partition coefficient (Wildman–Crippen LogP) is 1.08. The van der Waals surface area contributed by atoms with E-state index in [9.17, 15) is 12.8 Å². The molecule has 1 heterocycles. The number of hydrogen-bond acceptors (Lipinski definition) is 4. The van der Waals surface area contributed by atoms with Crippen LogP contribution in [0, 0.1) is 5.82 Å². The Labute approximate surface area is 115 Å². The van der Waals surface area contributed by atoms with Crippen molar-refractivity contribution in [2.75, 3.05) is 0 Å². The Morgan fingerprint density at radius 2 is 2.15 bits per heavy atom. The molecule has 1 aromatic carbocycles. The van der Waals surface area contributed by atoms with Gasteiger partial charge in [-0.3, -0.25) is 5.10 Å². The van der Waals surface area contributed by atoms with Crippen LogP contribution in [0.25, 0.3) is 0 Å². The van der Waals surface area contributed by atoms with Crippen LogP contribution in [0.4, 0.5) is 4.39 Å². The summed E-state index contributed by atoms with van der Waals surface area (Å²) >= 11 is 0. The third-order valence-corrected chi connectivity index (χ3v) is 4.38. The van der Waals surface area contributed by atoms with E-state index >= 15 is 0 Å². The minimum Gasteiger partial charge on any atom is -0.392 e. The van der Waals surface area contributed by atoms with Crippen LogP contribution in [0.2, 0.25) is 0 Å². The molecule has 2 aromatic rings. The van der Waals surface area contributed by atoms with E-state index in [0.29, 0.717) is 0 Å². The highest BCUT2D eigenvalue weighted by atomic mass is 32.2. The molecule has 3 N–H and O–H groups in total. The van der Waals surface area contributed by atoms with Gasteiger partial charge in [-0.2, -0.15) is 5.10 Å². The summed E-state index contributed by atoms with van der Waals surface area (Å²) in [5, 5.41) is 14.7. The van der Waals surface area contributed by atoms with E-state index in [2.05, 4.69) is 14.9 Å². The van der Waals surface area contributed by atoms with E-state index in [1.165, 1.54) is 31.3 Å². The van der Waals surface area contributed by atoms with Gasteiger partial charge in [-0.1, -0.05) is 18.2 Å². The molecule has 0 spiro atoms. The molecule has 0 aliphatic heterocycles. The van der Waals surface area contributed by atoms with Crippen LogP contribution < -0.4 is 4.72 Å². The van der Waals surface area contributed by atoms with Gasteiger partial charge in [-0.05, 0) is 13.0 Å². The second-order valence-electron chi connectivity index (χ2n) is 4.25. The number of halogens is 1. The third kappa shape index (κ3) is 2.87. The maximum atomic E-state index is 13.6. The Kier molecular flexibility index (Phi) is 4.17. The lowest BCUT2D eigenvalue weighted by atomic mass is 10.1. The van der Waals surface area contributed by atoms with Crippen molar-refractivity contribution in [3.05, 3.63) is 47.4 Å². The van der Waals surface area contributed by atoms with E-state index in [-0.39, 0.29) is 16.2 Å². The van der Waals surface area contributed by atoms with Gasteiger partial charge in [0.05, 0.1) is 12.8 Å². The summed E-state index contributed by atoms with van der Waals surface area (Å²) in [5.74, 6) is -0.491. The van der Waals surface area contributed by atoms with Crippen molar-refractivity contribution >= 4 is 10.0 Å². The molecule has 0 aliphatic rings. The van der Waals surface area contributed by atoms with Gasteiger partial charge >= 0.3 is 0 Å². The smallest absolute Gasteiger partial charge is 0.258 e. The van der Waals surface area contributed by atoms with E-state index in [0.717, 1.165) is 0 Å². The summed E-state index contributed by atoms with van der Waals surface area (Å²) in [5.41, 5.74) is 0.388. The molecule has 2 rings (SSSR count). The van der Waals surface area contributed by atoms with Crippen LogP contribution in [0.1, 0.15) is 24.1 Å². The van der Waals surface area contributed by atoms with Gasteiger partial charge in [0.25, 0.3) is 10.0 Å². The van der Waals surface area contributed by atoms with Gasteiger partial charge in [0.15, 0.2) is 5.03 Å². The summed E-state index contributed by atoms with van der Waals surface area (Å²) in [7, 11) is -3.92. The maximum absolute atomic E-state index is 13.6. The van der Waals surface area contributed by atoms with E-state index in [4.69, 9.17) is 5.11 Å². The quantitative estimate of drug-likeness (QED) is 0.770. The predicted molar refractivity (Wildman–Crippen MR) is 69.6 cm³/mol. The van der Waals surface area contributed by atoms with Crippen LogP contribution >= 0.6 is 0 Å². The first-order valence-electron chi connectivity index (χ1n) is 5.85. The summed E-state index contributed by atoms with van der Waals surface area (Å²) in [6.07, 6.45) is 1.22. The third-order valence-electron chi connectivity index (χ3n) is 2.82. The van der Waals surface area contributed by atoms with Crippen molar-refractivity contribution in [2.24, 2.45) is 0 Å². The largest absolute Gasteiger partial charge is 0.392 e. The van der Waals surface area contributed by atoms with Crippen LogP contribution in [0.15, 0.2) is 35.5 Å². The molecule has 8 heteroatoms.